The lowest BCUT2D eigenvalue weighted by atomic mass is 9.79. The summed E-state index contributed by atoms with van der Waals surface area (Å²) < 4.78 is 21.5. The van der Waals surface area contributed by atoms with Crippen LogP contribution in [-0.2, 0) is 11.3 Å². The Balaban J connectivity index is 0.849. The standard InChI is InChI=1S/C44H51FN8O5/c45-38-10-14-47-39-26-32(6-8-35(38)39)41(54)48-17-23-51-18-11-34(37(28-51)31-4-2-1-3-5-31)42(55)52-19-12-44(57,13-20-52)29-53-30-49-40-27-33(7-9-36(40)43(53)56)58-25-24-50-21-15-46-16-22-50/h1-10,14,26-27,30,34,37,46,57H,11-13,15-25,28-29H2,(H,48,54). The lowest BCUT2D eigenvalue weighted by Gasteiger charge is -2.43. The molecule has 5 aromatic rings. The molecule has 3 fully saturated rings. The summed E-state index contributed by atoms with van der Waals surface area (Å²) in [6, 6.07) is 21.5. The summed E-state index contributed by atoms with van der Waals surface area (Å²) in [4.78, 5) is 56.0. The SMILES string of the molecule is O=C(NCCN1CCC(C(=O)N2CCC(O)(Cn3cnc4cc(OCCN5CCNCC5)ccc4c3=O)CC2)C(c2ccccc2)C1)c1ccc2c(F)ccnc2c1. The maximum atomic E-state index is 14.2. The molecular weight excluding hydrogens is 740 g/mol. The molecule has 14 heteroatoms. The van der Waals surface area contributed by atoms with Gasteiger partial charge in [-0.1, -0.05) is 30.3 Å². The number of carbonyl (C=O) groups excluding carboxylic acids is 2. The highest BCUT2D eigenvalue weighted by atomic mass is 19.1. The fourth-order valence-electron chi connectivity index (χ4n) is 8.66. The molecule has 5 heterocycles. The lowest BCUT2D eigenvalue weighted by molar-refractivity contribution is -0.142. The zero-order chi connectivity index (χ0) is 40.1. The number of fused-ring (bicyclic) bond motifs is 2. The Hall–Kier alpha value is -5.28. The second-order valence-electron chi connectivity index (χ2n) is 15.8. The predicted molar refractivity (Wildman–Crippen MR) is 219 cm³/mol. The Morgan fingerprint density at radius 3 is 2.48 bits per heavy atom. The molecule has 0 radical (unpaired) electrons. The van der Waals surface area contributed by atoms with Crippen LogP contribution in [-0.4, -0.2) is 130 Å². The first-order chi connectivity index (χ1) is 28.2. The van der Waals surface area contributed by atoms with Crippen LogP contribution in [0.15, 0.2) is 90.1 Å². The van der Waals surface area contributed by atoms with Gasteiger partial charge in [-0.2, -0.15) is 0 Å². The van der Waals surface area contributed by atoms with E-state index in [1.807, 2.05) is 23.1 Å². The van der Waals surface area contributed by atoms with Crippen molar-refractivity contribution in [2.24, 2.45) is 5.92 Å². The van der Waals surface area contributed by atoms with Crippen molar-refractivity contribution in [1.29, 1.82) is 0 Å². The molecule has 2 aromatic heterocycles. The average molecular weight is 791 g/mol. The van der Waals surface area contributed by atoms with Gasteiger partial charge in [0.15, 0.2) is 0 Å². The van der Waals surface area contributed by atoms with Gasteiger partial charge in [-0.25, -0.2) is 9.37 Å². The van der Waals surface area contributed by atoms with Crippen LogP contribution in [0.2, 0.25) is 0 Å². The lowest BCUT2D eigenvalue weighted by Crippen LogP contribution is -2.53. The van der Waals surface area contributed by atoms with Crippen molar-refractivity contribution in [1.82, 2.24) is 39.9 Å². The smallest absolute Gasteiger partial charge is 0.261 e. The molecule has 3 aromatic carbocycles. The molecule has 58 heavy (non-hydrogen) atoms. The maximum Gasteiger partial charge on any atom is 0.261 e. The van der Waals surface area contributed by atoms with Crippen molar-refractivity contribution in [2.75, 3.05) is 78.6 Å². The number of aliphatic hydroxyl groups is 1. The molecule has 0 saturated carbocycles. The minimum absolute atomic E-state index is 0.0409. The third kappa shape index (κ3) is 9.05. The molecular formula is C44H51FN8O5. The molecule has 3 N–H and O–H groups in total. The molecule has 13 nitrogen and oxygen atoms in total. The van der Waals surface area contributed by atoms with Crippen LogP contribution in [0.4, 0.5) is 4.39 Å². The molecule has 0 aliphatic carbocycles. The number of likely N-dealkylation sites (tertiary alicyclic amines) is 2. The minimum Gasteiger partial charge on any atom is -0.492 e. The molecule has 3 saturated heterocycles. The summed E-state index contributed by atoms with van der Waals surface area (Å²) in [5.74, 6) is -0.141. The molecule has 2 unspecified atom stereocenters. The number of piperidine rings is 2. The van der Waals surface area contributed by atoms with Gasteiger partial charge in [0.25, 0.3) is 11.5 Å². The number of ether oxygens (including phenoxy) is 1. The van der Waals surface area contributed by atoms with E-state index in [0.717, 1.165) is 38.3 Å². The van der Waals surface area contributed by atoms with E-state index in [9.17, 15) is 23.9 Å². The van der Waals surface area contributed by atoms with Gasteiger partial charge in [-0.15, -0.1) is 0 Å². The number of pyridine rings is 1. The number of halogens is 1. The molecule has 3 aliphatic rings. The first-order valence-electron chi connectivity index (χ1n) is 20.4. The van der Waals surface area contributed by atoms with Crippen LogP contribution in [0.1, 0.15) is 41.1 Å². The van der Waals surface area contributed by atoms with E-state index in [-0.39, 0.29) is 41.6 Å². The quantitative estimate of drug-likeness (QED) is 0.172. The molecule has 0 bridgehead atoms. The first kappa shape index (κ1) is 39.5. The Kier molecular flexibility index (Phi) is 12.1. The van der Waals surface area contributed by atoms with Crippen molar-refractivity contribution in [2.45, 2.75) is 37.3 Å². The van der Waals surface area contributed by atoms with Gasteiger partial charge >= 0.3 is 0 Å². The number of benzene rings is 3. The van der Waals surface area contributed by atoms with Crippen LogP contribution >= 0.6 is 0 Å². The molecule has 2 amide bonds. The molecule has 3 aliphatic heterocycles. The Labute approximate surface area is 336 Å². The van der Waals surface area contributed by atoms with Gasteiger partial charge in [-0.3, -0.25) is 28.8 Å². The monoisotopic (exact) mass is 790 g/mol. The van der Waals surface area contributed by atoms with E-state index in [4.69, 9.17) is 4.74 Å². The number of nitrogens with zero attached hydrogens (tertiary/aromatic N) is 6. The first-order valence-corrected chi connectivity index (χ1v) is 20.4. The van der Waals surface area contributed by atoms with Crippen LogP contribution in [0, 0.1) is 11.7 Å². The van der Waals surface area contributed by atoms with Gasteiger partial charge < -0.3 is 30.3 Å². The van der Waals surface area contributed by atoms with Gasteiger partial charge in [0.05, 0.1) is 34.9 Å². The topological polar surface area (TPSA) is 145 Å². The fraction of sp³-hybridized carbons (Fsp3) is 0.432. The molecule has 8 rings (SSSR count). The molecule has 304 valence electrons. The highest BCUT2D eigenvalue weighted by Gasteiger charge is 2.41. The zero-order valence-electron chi connectivity index (χ0n) is 32.7. The number of nitrogens with one attached hydrogen (secondary N) is 2. The number of carbonyl (C=O) groups is 2. The third-order valence-electron chi connectivity index (χ3n) is 12.1. The van der Waals surface area contributed by atoms with Crippen molar-refractivity contribution in [3.63, 3.8) is 0 Å². The Bertz CT molecular complexity index is 2290. The van der Waals surface area contributed by atoms with Gasteiger partial charge in [0.1, 0.15) is 18.2 Å². The van der Waals surface area contributed by atoms with Gasteiger partial charge in [0, 0.05) is 100 Å². The summed E-state index contributed by atoms with van der Waals surface area (Å²) in [5, 5.41) is 18.9. The number of rotatable bonds is 12. The summed E-state index contributed by atoms with van der Waals surface area (Å²) >= 11 is 0. The molecule has 0 spiro atoms. The average Bonchev–Trinajstić information content (AvgIpc) is 3.25. The van der Waals surface area contributed by atoms with E-state index in [1.54, 1.807) is 36.4 Å². The number of hydrogen-bond acceptors (Lipinski definition) is 10. The summed E-state index contributed by atoms with van der Waals surface area (Å²) in [6.07, 6.45) is 4.24. The van der Waals surface area contributed by atoms with Crippen molar-refractivity contribution < 1.29 is 23.8 Å². The van der Waals surface area contributed by atoms with Crippen molar-refractivity contribution >= 4 is 33.6 Å². The van der Waals surface area contributed by atoms with Gasteiger partial charge in [-0.05, 0) is 67.8 Å². The summed E-state index contributed by atoms with van der Waals surface area (Å²) in [5.41, 5.74) is 1.12. The second kappa shape index (κ2) is 17.7. The predicted octanol–water partition coefficient (Wildman–Crippen LogP) is 3.26. The van der Waals surface area contributed by atoms with Crippen LogP contribution < -0.4 is 20.9 Å². The second-order valence-corrected chi connectivity index (χ2v) is 15.8. The maximum absolute atomic E-state index is 14.2. The fourth-order valence-corrected chi connectivity index (χ4v) is 8.66. The normalized spacial score (nSPS) is 20.3. The van der Waals surface area contributed by atoms with E-state index >= 15 is 0 Å². The Morgan fingerprint density at radius 1 is 0.897 bits per heavy atom. The number of piperazine rings is 1. The van der Waals surface area contributed by atoms with E-state index in [0.29, 0.717) is 98.3 Å². The Morgan fingerprint density at radius 2 is 1.67 bits per heavy atom. The van der Waals surface area contributed by atoms with Crippen molar-refractivity contribution in [3.05, 3.63) is 113 Å². The third-order valence-corrected chi connectivity index (χ3v) is 12.1. The van der Waals surface area contributed by atoms with Crippen molar-refractivity contribution in [3.8, 4) is 5.75 Å². The summed E-state index contributed by atoms with van der Waals surface area (Å²) in [6.45, 7) is 8.65. The number of hydrogen-bond donors (Lipinski definition) is 3. The van der Waals surface area contributed by atoms with Crippen LogP contribution in [0.5, 0.6) is 5.75 Å². The summed E-state index contributed by atoms with van der Waals surface area (Å²) in [7, 11) is 0. The van der Waals surface area contributed by atoms with E-state index in [1.165, 1.54) is 23.2 Å². The van der Waals surface area contributed by atoms with E-state index < -0.39 is 5.60 Å². The number of amides is 2. The van der Waals surface area contributed by atoms with E-state index in [2.05, 4.69) is 42.5 Å². The van der Waals surface area contributed by atoms with Crippen LogP contribution in [0.3, 0.4) is 0 Å². The highest BCUT2D eigenvalue weighted by molar-refractivity contribution is 5.97. The number of aromatic nitrogens is 3. The van der Waals surface area contributed by atoms with Crippen LogP contribution in [0.25, 0.3) is 21.8 Å². The zero-order valence-corrected chi connectivity index (χ0v) is 32.7. The minimum atomic E-state index is -1.16. The largest absolute Gasteiger partial charge is 0.492 e. The van der Waals surface area contributed by atoms with Gasteiger partial charge in [0.2, 0.25) is 5.91 Å². The highest BCUT2D eigenvalue weighted by Crippen LogP contribution is 2.35. The molecule has 2 atom stereocenters.